The van der Waals surface area contributed by atoms with Crippen molar-refractivity contribution in [2.24, 2.45) is 0 Å². The molecule has 7 heteroatoms. The highest BCUT2D eigenvalue weighted by atomic mass is 19.1. The van der Waals surface area contributed by atoms with E-state index in [4.69, 9.17) is 9.26 Å². The summed E-state index contributed by atoms with van der Waals surface area (Å²) in [7, 11) is 0. The molecule has 1 N–H and O–H groups in total. The lowest BCUT2D eigenvalue weighted by Crippen LogP contribution is -2.34. The molecular formula is C22H23FN4O2. The standard InChI is InChI=1S/C22H23FN4O2/c23-16-2-4-18-21(12-16)29-26-22(18)15-6-9-27(10-7-15)8-1-11-28-17-3-5-19-20(13-17)25-14-24-19/h2-5,12-15H,1,6-11H2,(H,24,25). The average molecular weight is 394 g/mol. The fourth-order valence-corrected chi connectivity index (χ4v) is 4.14. The van der Waals surface area contributed by atoms with Crippen molar-refractivity contribution in [1.82, 2.24) is 20.0 Å². The first-order chi connectivity index (χ1) is 14.3. The highest BCUT2D eigenvalue weighted by Crippen LogP contribution is 2.32. The van der Waals surface area contributed by atoms with Crippen LogP contribution in [0.5, 0.6) is 5.75 Å². The van der Waals surface area contributed by atoms with Crippen LogP contribution in [-0.2, 0) is 0 Å². The molecule has 1 fully saturated rings. The van der Waals surface area contributed by atoms with Gasteiger partial charge in [0.15, 0.2) is 5.58 Å². The van der Waals surface area contributed by atoms with Crippen molar-refractivity contribution in [2.75, 3.05) is 26.2 Å². The summed E-state index contributed by atoms with van der Waals surface area (Å²) in [5.41, 5.74) is 3.45. The summed E-state index contributed by atoms with van der Waals surface area (Å²) >= 11 is 0. The lowest BCUT2D eigenvalue weighted by Gasteiger charge is -2.31. The van der Waals surface area contributed by atoms with Crippen molar-refractivity contribution in [1.29, 1.82) is 0 Å². The Morgan fingerprint density at radius 3 is 2.97 bits per heavy atom. The quantitative estimate of drug-likeness (QED) is 0.488. The number of halogens is 1. The van der Waals surface area contributed by atoms with Gasteiger partial charge in [-0.25, -0.2) is 9.37 Å². The van der Waals surface area contributed by atoms with Crippen molar-refractivity contribution < 1.29 is 13.7 Å². The van der Waals surface area contributed by atoms with Crippen LogP contribution < -0.4 is 4.74 Å². The van der Waals surface area contributed by atoms with E-state index in [1.165, 1.54) is 12.1 Å². The van der Waals surface area contributed by atoms with E-state index >= 15 is 0 Å². The van der Waals surface area contributed by atoms with Gasteiger partial charge in [-0.1, -0.05) is 5.16 Å². The second kappa shape index (κ2) is 7.83. The van der Waals surface area contributed by atoms with E-state index in [1.807, 2.05) is 18.2 Å². The molecule has 3 heterocycles. The maximum absolute atomic E-state index is 13.3. The van der Waals surface area contributed by atoms with Crippen LogP contribution >= 0.6 is 0 Å². The zero-order chi connectivity index (χ0) is 19.6. The van der Waals surface area contributed by atoms with Crippen LogP contribution in [-0.4, -0.2) is 46.3 Å². The van der Waals surface area contributed by atoms with Crippen LogP contribution in [0.4, 0.5) is 4.39 Å². The van der Waals surface area contributed by atoms with Crippen molar-refractivity contribution in [2.45, 2.75) is 25.2 Å². The molecule has 0 atom stereocenters. The van der Waals surface area contributed by atoms with Gasteiger partial charge in [0.1, 0.15) is 11.6 Å². The number of aromatic nitrogens is 3. The van der Waals surface area contributed by atoms with Crippen molar-refractivity contribution in [3.05, 3.63) is 54.2 Å². The zero-order valence-electron chi connectivity index (χ0n) is 16.1. The number of hydrogen-bond acceptors (Lipinski definition) is 5. The van der Waals surface area contributed by atoms with Crippen molar-refractivity contribution >= 4 is 22.0 Å². The fourth-order valence-electron chi connectivity index (χ4n) is 4.14. The number of ether oxygens (including phenoxy) is 1. The van der Waals surface area contributed by atoms with Gasteiger partial charge >= 0.3 is 0 Å². The van der Waals surface area contributed by atoms with Gasteiger partial charge in [-0.05, 0) is 56.6 Å². The lowest BCUT2D eigenvalue weighted by molar-refractivity contribution is 0.191. The second-order valence-corrected chi connectivity index (χ2v) is 7.61. The first-order valence-corrected chi connectivity index (χ1v) is 10.1. The highest BCUT2D eigenvalue weighted by molar-refractivity contribution is 5.80. The molecule has 1 saturated heterocycles. The van der Waals surface area contributed by atoms with E-state index in [0.29, 0.717) is 18.1 Å². The summed E-state index contributed by atoms with van der Waals surface area (Å²) < 4.78 is 24.6. The number of hydrogen-bond donors (Lipinski definition) is 1. The molecule has 0 saturated carbocycles. The summed E-state index contributed by atoms with van der Waals surface area (Å²) in [6.07, 6.45) is 4.75. The van der Waals surface area contributed by atoms with E-state index in [2.05, 4.69) is 20.0 Å². The molecule has 0 bridgehead atoms. The molecule has 150 valence electrons. The number of imidazole rings is 1. The predicted molar refractivity (Wildman–Crippen MR) is 109 cm³/mol. The first kappa shape index (κ1) is 18.1. The Bertz CT molecular complexity index is 1110. The minimum absolute atomic E-state index is 0.290. The predicted octanol–water partition coefficient (Wildman–Crippen LogP) is 4.49. The SMILES string of the molecule is Fc1ccc2c(C3CCN(CCCOc4ccc5nc[nH]c5c4)CC3)noc2c1. The summed E-state index contributed by atoms with van der Waals surface area (Å²) in [6, 6.07) is 10.6. The smallest absolute Gasteiger partial charge is 0.170 e. The largest absolute Gasteiger partial charge is 0.493 e. The molecule has 0 amide bonds. The topological polar surface area (TPSA) is 67.2 Å². The highest BCUT2D eigenvalue weighted by Gasteiger charge is 2.24. The zero-order valence-corrected chi connectivity index (χ0v) is 16.1. The minimum Gasteiger partial charge on any atom is -0.493 e. The second-order valence-electron chi connectivity index (χ2n) is 7.61. The van der Waals surface area contributed by atoms with Crippen LogP contribution in [0.25, 0.3) is 22.0 Å². The lowest BCUT2D eigenvalue weighted by atomic mass is 9.91. The Hall–Kier alpha value is -2.93. The Morgan fingerprint density at radius 2 is 2.07 bits per heavy atom. The molecule has 0 aliphatic carbocycles. The van der Waals surface area contributed by atoms with Gasteiger partial charge in [-0.15, -0.1) is 0 Å². The Labute approximate surface area is 167 Å². The summed E-state index contributed by atoms with van der Waals surface area (Å²) in [5, 5.41) is 5.16. The maximum atomic E-state index is 13.3. The van der Waals surface area contributed by atoms with Gasteiger partial charge in [0.05, 0.1) is 29.7 Å². The number of aromatic amines is 1. The van der Waals surface area contributed by atoms with Crippen LogP contribution in [0.1, 0.15) is 30.9 Å². The number of fused-ring (bicyclic) bond motifs is 2. The molecule has 1 aliphatic rings. The van der Waals surface area contributed by atoms with E-state index in [9.17, 15) is 4.39 Å². The molecule has 5 rings (SSSR count). The van der Waals surface area contributed by atoms with Crippen LogP contribution in [0, 0.1) is 5.82 Å². The average Bonchev–Trinajstić information content (AvgIpc) is 3.38. The van der Waals surface area contributed by atoms with Crippen LogP contribution in [0.2, 0.25) is 0 Å². The summed E-state index contributed by atoms with van der Waals surface area (Å²) in [6.45, 7) is 3.77. The monoisotopic (exact) mass is 394 g/mol. The van der Waals surface area contributed by atoms with Gasteiger partial charge < -0.3 is 19.1 Å². The Balaban J connectivity index is 1.09. The number of H-pyrrole nitrogens is 1. The number of likely N-dealkylation sites (tertiary alicyclic amines) is 1. The molecule has 0 radical (unpaired) electrons. The first-order valence-electron chi connectivity index (χ1n) is 10.1. The molecular weight excluding hydrogens is 371 g/mol. The molecule has 4 aromatic rings. The van der Waals surface area contributed by atoms with Crippen molar-refractivity contribution in [3.8, 4) is 5.75 Å². The number of rotatable bonds is 6. The summed E-state index contributed by atoms with van der Waals surface area (Å²) in [5.74, 6) is 0.951. The van der Waals surface area contributed by atoms with Crippen LogP contribution in [0.3, 0.4) is 0 Å². The minimum atomic E-state index is -0.290. The van der Waals surface area contributed by atoms with Gasteiger partial charge in [0.25, 0.3) is 0 Å². The van der Waals surface area contributed by atoms with E-state index in [-0.39, 0.29) is 5.82 Å². The third kappa shape index (κ3) is 3.82. The fraction of sp³-hybridized carbons (Fsp3) is 0.364. The number of piperidine rings is 1. The molecule has 2 aromatic carbocycles. The molecule has 0 unspecified atom stereocenters. The third-order valence-corrected chi connectivity index (χ3v) is 5.72. The van der Waals surface area contributed by atoms with E-state index < -0.39 is 0 Å². The Kier molecular flexibility index (Phi) is 4.89. The summed E-state index contributed by atoms with van der Waals surface area (Å²) in [4.78, 5) is 9.79. The van der Waals surface area contributed by atoms with E-state index in [1.54, 1.807) is 12.4 Å². The van der Waals surface area contributed by atoms with Crippen molar-refractivity contribution in [3.63, 3.8) is 0 Å². The molecule has 29 heavy (non-hydrogen) atoms. The molecule has 0 spiro atoms. The number of nitrogens with zero attached hydrogens (tertiary/aromatic N) is 3. The molecule has 1 aliphatic heterocycles. The number of benzene rings is 2. The van der Waals surface area contributed by atoms with Gasteiger partial charge in [0, 0.05) is 30.0 Å². The number of nitrogens with one attached hydrogen (secondary N) is 1. The normalized spacial score (nSPS) is 16.0. The maximum Gasteiger partial charge on any atom is 0.170 e. The van der Waals surface area contributed by atoms with Gasteiger partial charge in [-0.3, -0.25) is 0 Å². The van der Waals surface area contributed by atoms with Gasteiger partial charge in [0.2, 0.25) is 0 Å². The van der Waals surface area contributed by atoms with Crippen LogP contribution in [0.15, 0.2) is 47.2 Å². The van der Waals surface area contributed by atoms with E-state index in [0.717, 1.165) is 66.8 Å². The molecule has 6 nitrogen and oxygen atoms in total. The molecule has 2 aromatic heterocycles. The van der Waals surface area contributed by atoms with Gasteiger partial charge in [-0.2, -0.15) is 0 Å². The Morgan fingerprint density at radius 1 is 1.17 bits per heavy atom. The third-order valence-electron chi connectivity index (χ3n) is 5.72.